The Kier molecular flexibility index (Phi) is 4.85. The molecule has 5 nitrogen and oxygen atoms in total. The monoisotopic (exact) mass is 327 g/mol. The molecule has 3 heterocycles. The Morgan fingerprint density at radius 1 is 0.708 bits per heavy atom. The Bertz CT molecular complexity index is 628. The molecule has 0 bridgehead atoms. The van der Waals surface area contributed by atoms with Crippen molar-refractivity contribution < 1.29 is 18.9 Å². The minimum atomic E-state index is -0.134. The van der Waals surface area contributed by atoms with Gasteiger partial charge in [-0.05, 0) is 23.3 Å². The predicted molar refractivity (Wildman–Crippen MR) is 88.7 cm³/mol. The molecule has 2 unspecified atom stereocenters. The van der Waals surface area contributed by atoms with Crippen molar-refractivity contribution >= 4 is 0 Å². The van der Waals surface area contributed by atoms with Gasteiger partial charge in [-0.2, -0.15) is 0 Å². The summed E-state index contributed by atoms with van der Waals surface area (Å²) in [4.78, 5) is 4.80. The van der Waals surface area contributed by atoms with Crippen LogP contribution in [0.3, 0.4) is 0 Å². The van der Waals surface area contributed by atoms with Crippen molar-refractivity contribution in [1.29, 1.82) is 0 Å². The van der Waals surface area contributed by atoms with E-state index in [-0.39, 0.29) is 12.2 Å². The van der Waals surface area contributed by atoms with E-state index in [4.69, 9.17) is 23.9 Å². The van der Waals surface area contributed by atoms with Gasteiger partial charge in [0.05, 0.1) is 51.0 Å². The second-order valence-electron chi connectivity index (χ2n) is 5.94. The molecule has 1 aromatic heterocycles. The summed E-state index contributed by atoms with van der Waals surface area (Å²) >= 11 is 0. The number of hydrogen-bond acceptors (Lipinski definition) is 5. The van der Waals surface area contributed by atoms with Gasteiger partial charge in [0.25, 0.3) is 0 Å². The van der Waals surface area contributed by atoms with E-state index in [1.807, 2.05) is 18.2 Å². The summed E-state index contributed by atoms with van der Waals surface area (Å²) in [5, 5.41) is 0. The highest BCUT2D eigenvalue weighted by Gasteiger charge is 2.23. The highest BCUT2D eigenvalue weighted by molar-refractivity contribution is 5.64. The number of benzene rings is 1. The summed E-state index contributed by atoms with van der Waals surface area (Å²) in [5.74, 6) is 0. The molecule has 0 spiro atoms. The number of aromatic nitrogens is 1. The third-order valence-electron chi connectivity index (χ3n) is 4.26. The summed E-state index contributed by atoms with van der Waals surface area (Å²) in [6, 6.07) is 14.5. The summed E-state index contributed by atoms with van der Waals surface area (Å²) < 4.78 is 22.8. The Morgan fingerprint density at radius 2 is 1.29 bits per heavy atom. The van der Waals surface area contributed by atoms with Crippen molar-refractivity contribution in [1.82, 2.24) is 4.98 Å². The van der Waals surface area contributed by atoms with Crippen LogP contribution in [0.15, 0.2) is 42.5 Å². The first-order valence-electron chi connectivity index (χ1n) is 8.36. The Labute approximate surface area is 141 Å². The van der Waals surface area contributed by atoms with Gasteiger partial charge in [-0.15, -0.1) is 0 Å². The summed E-state index contributed by atoms with van der Waals surface area (Å²) in [5.41, 5.74) is 4.04. The molecule has 2 aliphatic heterocycles. The number of pyridine rings is 1. The summed E-state index contributed by atoms with van der Waals surface area (Å²) in [7, 11) is 0. The van der Waals surface area contributed by atoms with Crippen molar-refractivity contribution in [3.05, 3.63) is 53.9 Å². The van der Waals surface area contributed by atoms with E-state index in [1.54, 1.807) is 0 Å². The van der Waals surface area contributed by atoms with Crippen LogP contribution in [0.2, 0.25) is 0 Å². The molecule has 0 radical (unpaired) electrons. The van der Waals surface area contributed by atoms with Crippen LogP contribution in [0, 0.1) is 0 Å². The lowest BCUT2D eigenvalue weighted by Gasteiger charge is -2.26. The molecule has 24 heavy (non-hydrogen) atoms. The minimum absolute atomic E-state index is 0.134. The Morgan fingerprint density at radius 3 is 1.79 bits per heavy atom. The summed E-state index contributed by atoms with van der Waals surface area (Å²) in [6.45, 7) is 3.54. The van der Waals surface area contributed by atoms with Crippen LogP contribution in [0.4, 0.5) is 0 Å². The van der Waals surface area contributed by atoms with Crippen molar-refractivity contribution in [2.45, 2.75) is 12.2 Å². The van der Waals surface area contributed by atoms with E-state index in [1.165, 1.54) is 0 Å². The average Bonchev–Trinajstić information content (AvgIpc) is 2.70. The third-order valence-corrected chi connectivity index (χ3v) is 4.26. The maximum Gasteiger partial charge on any atom is 0.123 e. The van der Waals surface area contributed by atoms with Gasteiger partial charge in [-0.3, -0.25) is 4.98 Å². The fraction of sp³-hybridized carbons (Fsp3) is 0.421. The second kappa shape index (κ2) is 7.40. The molecular weight excluding hydrogens is 306 g/mol. The lowest BCUT2D eigenvalue weighted by atomic mass is 10.0. The van der Waals surface area contributed by atoms with Gasteiger partial charge in [-0.1, -0.05) is 30.3 Å². The SMILES string of the molecule is c1ccc(-c2cc(C3COCCO3)nc(C3COCCO3)c2)cc1. The van der Waals surface area contributed by atoms with Crippen LogP contribution in [0.5, 0.6) is 0 Å². The third kappa shape index (κ3) is 3.49. The minimum Gasteiger partial charge on any atom is -0.376 e. The topological polar surface area (TPSA) is 49.8 Å². The molecule has 1 aromatic carbocycles. The molecule has 0 aliphatic carbocycles. The maximum atomic E-state index is 5.84. The number of hydrogen-bond donors (Lipinski definition) is 0. The predicted octanol–water partition coefficient (Wildman–Crippen LogP) is 2.92. The molecule has 2 saturated heterocycles. The fourth-order valence-corrected chi connectivity index (χ4v) is 3.02. The van der Waals surface area contributed by atoms with Gasteiger partial charge in [-0.25, -0.2) is 0 Å². The van der Waals surface area contributed by atoms with Gasteiger partial charge in [0.15, 0.2) is 0 Å². The van der Waals surface area contributed by atoms with E-state index < -0.39 is 0 Å². The van der Waals surface area contributed by atoms with Crippen LogP contribution in [0.25, 0.3) is 11.1 Å². The first-order valence-corrected chi connectivity index (χ1v) is 8.36. The highest BCUT2D eigenvalue weighted by atomic mass is 16.6. The Hall–Kier alpha value is -1.79. The van der Waals surface area contributed by atoms with E-state index in [0.29, 0.717) is 39.6 Å². The van der Waals surface area contributed by atoms with Gasteiger partial charge >= 0.3 is 0 Å². The van der Waals surface area contributed by atoms with Crippen molar-refractivity contribution in [2.24, 2.45) is 0 Å². The Balaban J connectivity index is 1.72. The van der Waals surface area contributed by atoms with Gasteiger partial charge in [0, 0.05) is 0 Å². The molecule has 0 N–H and O–H groups in total. The zero-order valence-corrected chi connectivity index (χ0v) is 13.5. The molecule has 2 aliphatic rings. The standard InChI is InChI=1S/C19H21NO4/c1-2-4-14(5-3-1)15-10-16(18-12-21-6-8-23-18)20-17(11-15)19-13-22-7-9-24-19/h1-5,10-11,18-19H,6-9,12-13H2. The van der Waals surface area contributed by atoms with E-state index in [9.17, 15) is 0 Å². The average molecular weight is 327 g/mol. The number of rotatable bonds is 3. The zero-order valence-electron chi connectivity index (χ0n) is 13.5. The maximum absolute atomic E-state index is 5.84. The van der Waals surface area contributed by atoms with E-state index in [2.05, 4.69) is 24.3 Å². The van der Waals surface area contributed by atoms with Crippen LogP contribution >= 0.6 is 0 Å². The van der Waals surface area contributed by atoms with Gasteiger partial charge in [0.2, 0.25) is 0 Å². The molecule has 4 rings (SSSR count). The van der Waals surface area contributed by atoms with E-state index >= 15 is 0 Å². The van der Waals surface area contributed by atoms with Crippen LogP contribution < -0.4 is 0 Å². The van der Waals surface area contributed by atoms with Gasteiger partial charge in [0.1, 0.15) is 12.2 Å². The quantitative estimate of drug-likeness (QED) is 0.867. The molecule has 126 valence electrons. The van der Waals surface area contributed by atoms with Gasteiger partial charge < -0.3 is 18.9 Å². The molecule has 2 atom stereocenters. The van der Waals surface area contributed by atoms with Crippen LogP contribution in [-0.4, -0.2) is 44.6 Å². The molecule has 0 amide bonds. The van der Waals surface area contributed by atoms with Crippen LogP contribution in [0.1, 0.15) is 23.6 Å². The van der Waals surface area contributed by atoms with E-state index in [0.717, 1.165) is 22.5 Å². The zero-order chi connectivity index (χ0) is 16.2. The second-order valence-corrected chi connectivity index (χ2v) is 5.94. The highest BCUT2D eigenvalue weighted by Crippen LogP contribution is 2.29. The lowest BCUT2D eigenvalue weighted by Crippen LogP contribution is -2.25. The van der Waals surface area contributed by atoms with Crippen molar-refractivity contribution in [3.8, 4) is 11.1 Å². The largest absolute Gasteiger partial charge is 0.376 e. The molecular formula is C19H21NO4. The summed E-state index contributed by atoms with van der Waals surface area (Å²) in [6.07, 6.45) is -0.267. The molecule has 2 fully saturated rings. The van der Waals surface area contributed by atoms with Crippen molar-refractivity contribution in [3.63, 3.8) is 0 Å². The first kappa shape index (κ1) is 15.7. The molecule has 2 aromatic rings. The normalized spacial score (nSPS) is 24.7. The number of nitrogens with zero attached hydrogens (tertiary/aromatic N) is 1. The molecule has 0 saturated carbocycles. The smallest absolute Gasteiger partial charge is 0.123 e. The molecule has 5 heteroatoms. The van der Waals surface area contributed by atoms with Crippen LogP contribution in [-0.2, 0) is 18.9 Å². The number of ether oxygens (including phenoxy) is 4. The first-order chi connectivity index (χ1) is 11.9. The van der Waals surface area contributed by atoms with Crippen molar-refractivity contribution in [2.75, 3.05) is 39.6 Å². The fourth-order valence-electron chi connectivity index (χ4n) is 3.02. The lowest BCUT2D eigenvalue weighted by molar-refractivity contribution is -0.0961.